The number of benzene rings is 2. The van der Waals surface area contributed by atoms with Gasteiger partial charge in [0, 0.05) is 5.56 Å². The first kappa shape index (κ1) is 17.4. The first-order chi connectivity index (χ1) is 13.7. The van der Waals surface area contributed by atoms with Crippen LogP contribution >= 0.6 is 0 Å². The van der Waals surface area contributed by atoms with Gasteiger partial charge in [0.15, 0.2) is 0 Å². The van der Waals surface area contributed by atoms with Crippen LogP contribution in [0.4, 0.5) is 10.1 Å². The number of carbonyl (C=O) groups is 1. The molecule has 0 atom stereocenters. The summed E-state index contributed by atoms with van der Waals surface area (Å²) in [6, 6.07) is 20.3. The van der Waals surface area contributed by atoms with E-state index in [1.54, 1.807) is 0 Å². The van der Waals surface area contributed by atoms with E-state index in [1.807, 2.05) is 54.6 Å². The van der Waals surface area contributed by atoms with Crippen molar-refractivity contribution in [2.75, 3.05) is 5.43 Å². The van der Waals surface area contributed by atoms with Crippen LogP contribution in [-0.4, -0.2) is 15.9 Å². The van der Waals surface area contributed by atoms with Gasteiger partial charge in [0.25, 0.3) is 0 Å². The van der Waals surface area contributed by atoms with Gasteiger partial charge < -0.3 is 4.42 Å². The Kier molecular flexibility index (Phi) is 4.79. The SMILES string of the molecule is O=C(NNc1ccc(F)nc1)c1cnc(-c2cccc(-c3ccccc3)c2)o1. The minimum Gasteiger partial charge on any atom is -0.431 e. The van der Waals surface area contributed by atoms with Gasteiger partial charge in [-0.3, -0.25) is 15.6 Å². The third-order valence-electron chi connectivity index (χ3n) is 3.99. The lowest BCUT2D eigenvalue weighted by atomic mass is 10.0. The lowest BCUT2D eigenvalue weighted by Crippen LogP contribution is -2.29. The van der Waals surface area contributed by atoms with Gasteiger partial charge in [-0.15, -0.1) is 0 Å². The summed E-state index contributed by atoms with van der Waals surface area (Å²) in [6.07, 6.45) is 2.61. The molecule has 2 aromatic carbocycles. The number of hydrogen-bond acceptors (Lipinski definition) is 5. The number of amides is 1. The molecule has 0 saturated carbocycles. The van der Waals surface area contributed by atoms with E-state index in [1.165, 1.54) is 24.5 Å². The zero-order valence-electron chi connectivity index (χ0n) is 14.6. The monoisotopic (exact) mass is 374 g/mol. The fraction of sp³-hybridized carbons (Fsp3) is 0. The summed E-state index contributed by atoms with van der Waals surface area (Å²) in [4.78, 5) is 19.9. The average Bonchev–Trinajstić information content (AvgIpc) is 3.24. The zero-order chi connectivity index (χ0) is 19.3. The molecule has 0 fully saturated rings. The highest BCUT2D eigenvalue weighted by atomic mass is 19.1. The van der Waals surface area contributed by atoms with Crippen LogP contribution in [0.3, 0.4) is 0 Å². The highest BCUT2D eigenvalue weighted by molar-refractivity contribution is 5.92. The van der Waals surface area contributed by atoms with E-state index in [2.05, 4.69) is 20.8 Å². The molecular weight excluding hydrogens is 359 g/mol. The molecule has 2 heterocycles. The van der Waals surface area contributed by atoms with Gasteiger partial charge in [-0.1, -0.05) is 42.5 Å². The molecule has 2 N–H and O–H groups in total. The smallest absolute Gasteiger partial charge is 0.307 e. The van der Waals surface area contributed by atoms with Crippen LogP contribution in [0, 0.1) is 5.95 Å². The number of anilines is 1. The maximum absolute atomic E-state index is 12.8. The topological polar surface area (TPSA) is 80.0 Å². The van der Waals surface area contributed by atoms with Crippen LogP contribution in [0.15, 0.2) is 83.5 Å². The number of halogens is 1. The molecule has 0 aliphatic carbocycles. The molecule has 0 bridgehead atoms. The quantitative estimate of drug-likeness (QED) is 0.402. The Morgan fingerprint density at radius 3 is 2.43 bits per heavy atom. The molecule has 0 radical (unpaired) electrons. The molecule has 0 unspecified atom stereocenters. The van der Waals surface area contributed by atoms with Crippen molar-refractivity contribution in [3.8, 4) is 22.6 Å². The van der Waals surface area contributed by atoms with Crippen LogP contribution in [0.2, 0.25) is 0 Å². The van der Waals surface area contributed by atoms with Crippen LogP contribution < -0.4 is 10.9 Å². The third kappa shape index (κ3) is 3.88. The highest BCUT2D eigenvalue weighted by Crippen LogP contribution is 2.26. The van der Waals surface area contributed by atoms with Gasteiger partial charge in [0.2, 0.25) is 17.6 Å². The van der Waals surface area contributed by atoms with Gasteiger partial charge in [0.1, 0.15) is 0 Å². The number of carbonyl (C=O) groups excluding carboxylic acids is 1. The standard InChI is InChI=1S/C21H15FN4O2/c22-19-10-9-17(12-23-19)25-26-20(27)18-13-24-21(28-18)16-8-4-7-15(11-16)14-5-2-1-3-6-14/h1-13,25H,(H,26,27). The number of nitrogens with one attached hydrogen (secondary N) is 2. The van der Waals surface area contributed by atoms with E-state index >= 15 is 0 Å². The third-order valence-corrected chi connectivity index (χ3v) is 3.99. The number of hydrogen-bond donors (Lipinski definition) is 2. The van der Waals surface area contributed by atoms with Crippen molar-refractivity contribution in [1.82, 2.24) is 15.4 Å². The van der Waals surface area contributed by atoms with Gasteiger partial charge in [-0.2, -0.15) is 4.39 Å². The van der Waals surface area contributed by atoms with Gasteiger partial charge in [0.05, 0.1) is 18.1 Å². The molecule has 4 rings (SSSR count). The number of oxazole rings is 1. The molecule has 0 aliphatic rings. The van der Waals surface area contributed by atoms with E-state index < -0.39 is 11.9 Å². The van der Waals surface area contributed by atoms with Gasteiger partial charge in [-0.25, -0.2) is 9.97 Å². The van der Waals surface area contributed by atoms with E-state index in [-0.39, 0.29) is 5.76 Å². The Bertz CT molecular complexity index is 1090. The number of hydrazine groups is 1. The van der Waals surface area contributed by atoms with Crippen molar-refractivity contribution in [3.05, 3.63) is 90.8 Å². The van der Waals surface area contributed by atoms with Crippen LogP contribution in [0.1, 0.15) is 10.6 Å². The van der Waals surface area contributed by atoms with Crippen molar-refractivity contribution >= 4 is 11.6 Å². The Morgan fingerprint density at radius 2 is 1.64 bits per heavy atom. The van der Waals surface area contributed by atoms with Gasteiger partial charge in [-0.05, 0) is 35.4 Å². The Morgan fingerprint density at radius 1 is 0.857 bits per heavy atom. The van der Waals surface area contributed by atoms with Gasteiger partial charge >= 0.3 is 5.91 Å². The van der Waals surface area contributed by atoms with E-state index in [4.69, 9.17) is 4.42 Å². The summed E-state index contributed by atoms with van der Waals surface area (Å²) >= 11 is 0. The number of pyridine rings is 1. The zero-order valence-corrected chi connectivity index (χ0v) is 14.6. The Labute approximate surface area is 160 Å². The van der Waals surface area contributed by atoms with E-state index in [0.29, 0.717) is 11.6 Å². The molecule has 2 aromatic heterocycles. The second-order valence-corrected chi connectivity index (χ2v) is 5.93. The summed E-state index contributed by atoms with van der Waals surface area (Å²) in [5, 5.41) is 0. The first-order valence-electron chi connectivity index (χ1n) is 8.49. The molecule has 28 heavy (non-hydrogen) atoms. The largest absolute Gasteiger partial charge is 0.431 e. The highest BCUT2D eigenvalue weighted by Gasteiger charge is 2.14. The predicted molar refractivity (Wildman–Crippen MR) is 103 cm³/mol. The second kappa shape index (κ2) is 7.71. The molecule has 0 spiro atoms. The molecule has 6 nitrogen and oxygen atoms in total. The predicted octanol–water partition coefficient (Wildman–Crippen LogP) is 4.30. The average molecular weight is 374 g/mol. The summed E-state index contributed by atoms with van der Waals surface area (Å²) in [7, 11) is 0. The van der Waals surface area contributed by atoms with Crippen molar-refractivity contribution in [2.45, 2.75) is 0 Å². The fourth-order valence-electron chi connectivity index (χ4n) is 2.62. The van der Waals surface area contributed by atoms with Crippen LogP contribution in [-0.2, 0) is 0 Å². The molecule has 7 heteroatoms. The molecule has 4 aromatic rings. The second-order valence-electron chi connectivity index (χ2n) is 5.93. The van der Waals surface area contributed by atoms with Crippen LogP contribution in [0.25, 0.3) is 22.6 Å². The maximum Gasteiger partial charge on any atom is 0.307 e. The fourth-order valence-corrected chi connectivity index (χ4v) is 2.62. The molecule has 138 valence electrons. The minimum absolute atomic E-state index is 0.0442. The van der Waals surface area contributed by atoms with Crippen molar-refractivity contribution in [2.24, 2.45) is 0 Å². The maximum atomic E-state index is 12.8. The number of nitrogens with zero attached hydrogens (tertiary/aromatic N) is 2. The molecule has 1 amide bonds. The minimum atomic E-state index is -0.602. The van der Waals surface area contributed by atoms with Crippen LogP contribution in [0.5, 0.6) is 0 Å². The Hall–Kier alpha value is -4.00. The summed E-state index contributed by atoms with van der Waals surface area (Å²) in [6.45, 7) is 0. The van der Waals surface area contributed by atoms with Crippen molar-refractivity contribution in [1.29, 1.82) is 0 Å². The summed E-state index contributed by atoms with van der Waals surface area (Å²) in [5.41, 5.74) is 8.38. The lowest BCUT2D eigenvalue weighted by Gasteiger charge is -2.06. The summed E-state index contributed by atoms with van der Waals surface area (Å²) < 4.78 is 18.4. The summed E-state index contributed by atoms with van der Waals surface area (Å²) in [5.74, 6) is -0.731. The number of rotatable bonds is 5. The number of aromatic nitrogens is 2. The molecule has 0 saturated heterocycles. The molecule has 0 aliphatic heterocycles. The lowest BCUT2D eigenvalue weighted by molar-refractivity contribution is 0.0936. The van der Waals surface area contributed by atoms with Crippen molar-refractivity contribution < 1.29 is 13.6 Å². The van der Waals surface area contributed by atoms with Crippen molar-refractivity contribution in [3.63, 3.8) is 0 Å². The van der Waals surface area contributed by atoms with E-state index in [0.717, 1.165) is 16.7 Å². The van der Waals surface area contributed by atoms with E-state index in [9.17, 15) is 9.18 Å². The first-order valence-corrected chi connectivity index (χ1v) is 8.49. The Balaban J connectivity index is 1.48. The normalized spacial score (nSPS) is 10.5. The molecular formula is C21H15FN4O2.